The van der Waals surface area contributed by atoms with Gasteiger partial charge in [0.05, 0.1) is 7.11 Å². The number of rotatable bonds is 7. The molecule has 2 heterocycles. The first-order valence-electron chi connectivity index (χ1n) is 11.4. The fourth-order valence-electron chi connectivity index (χ4n) is 4.95. The molecular weight excluding hydrogens is 388 g/mol. The van der Waals surface area contributed by atoms with Gasteiger partial charge >= 0.3 is 0 Å². The van der Waals surface area contributed by atoms with Gasteiger partial charge in [0.15, 0.2) is 0 Å². The van der Waals surface area contributed by atoms with Crippen LogP contribution < -0.4 is 10.1 Å². The van der Waals surface area contributed by atoms with Crippen LogP contribution in [0.25, 0.3) is 0 Å². The van der Waals surface area contributed by atoms with Crippen molar-refractivity contribution < 1.29 is 14.3 Å². The van der Waals surface area contributed by atoms with Crippen LogP contribution in [0.3, 0.4) is 0 Å². The molecule has 0 saturated carbocycles. The molecule has 1 atom stereocenters. The van der Waals surface area contributed by atoms with Gasteiger partial charge in [0.25, 0.3) is 0 Å². The molecule has 1 amide bonds. The fraction of sp³-hybridized carbons (Fsp3) is 0.500. The van der Waals surface area contributed by atoms with Crippen molar-refractivity contribution in [2.24, 2.45) is 0 Å². The summed E-state index contributed by atoms with van der Waals surface area (Å²) in [5, 5.41) is 3.69. The van der Waals surface area contributed by atoms with Crippen molar-refractivity contribution in [1.82, 2.24) is 10.2 Å². The molecule has 31 heavy (non-hydrogen) atoms. The highest BCUT2D eigenvalue weighted by atomic mass is 16.5. The standard InChI is InChI=1S/C26H34N2O3/c1-20-10-11-23(30-2)22(18-20)26(12-16-31-17-13-26)19-27-24(21-8-4-3-5-9-21)25(29)28-14-6-7-15-28/h3-5,8-11,18,24,27H,6-7,12-17,19H2,1-2H3. The van der Waals surface area contributed by atoms with Crippen molar-refractivity contribution in [3.05, 3.63) is 65.2 Å². The van der Waals surface area contributed by atoms with Gasteiger partial charge in [0.1, 0.15) is 11.8 Å². The number of amides is 1. The maximum Gasteiger partial charge on any atom is 0.244 e. The van der Waals surface area contributed by atoms with Crippen LogP contribution in [0, 0.1) is 6.92 Å². The van der Waals surface area contributed by atoms with E-state index in [9.17, 15) is 4.79 Å². The molecule has 4 rings (SSSR count). The lowest BCUT2D eigenvalue weighted by molar-refractivity contribution is -0.132. The smallest absolute Gasteiger partial charge is 0.244 e. The van der Waals surface area contributed by atoms with Crippen molar-refractivity contribution in [3.63, 3.8) is 0 Å². The Balaban J connectivity index is 1.64. The first-order chi connectivity index (χ1) is 15.1. The van der Waals surface area contributed by atoms with Gasteiger partial charge in [-0.05, 0) is 44.2 Å². The van der Waals surface area contributed by atoms with Gasteiger partial charge in [-0.3, -0.25) is 4.79 Å². The quantitative estimate of drug-likeness (QED) is 0.733. The summed E-state index contributed by atoms with van der Waals surface area (Å²) in [6, 6.07) is 16.2. The summed E-state index contributed by atoms with van der Waals surface area (Å²) < 4.78 is 11.5. The average Bonchev–Trinajstić information content (AvgIpc) is 3.35. The number of hydrogen-bond donors (Lipinski definition) is 1. The molecule has 2 aromatic carbocycles. The van der Waals surface area contributed by atoms with Crippen LogP contribution in [0.1, 0.15) is 48.4 Å². The zero-order valence-electron chi connectivity index (χ0n) is 18.7. The third-order valence-electron chi connectivity index (χ3n) is 6.82. The van der Waals surface area contributed by atoms with Crippen LogP contribution >= 0.6 is 0 Å². The van der Waals surface area contributed by atoms with Gasteiger partial charge in [0.2, 0.25) is 5.91 Å². The van der Waals surface area contributed by atoms with E-state index in [2.05, 4.69) is 42.6 Å². The Morgan fingerprint density at radius 3 is 2.52 bits per heavy atom. The normalized spacial score (nSPS) is 19.2. The summed E-state index contributed by atoms with van der Waals surface area (Å²) >= 11 is 0. The van der Waals surface area contributed by atoms with Gasteiger partial charge in [-0.25, -0.2) is 0 Å². The van der Waals surface area contributed by atoms with E-state index in [4.69, 9.17) is 9.47 Å². The molecule has 2 aliphatic heterocycles. The van der Waals surface area contributed by atoms with Gasteiger partial charge in [-0.1, -0.05) is 48.0 Å². The number of likely N-dealkylation sites (tertiary alicyclic amines) is 1. The molecule has 2 aromatic rings. The van der Waals surface area contributed by atoms with E-state index in [1.807, 2.05) is 23.1 Å². The second kappa shape index (κ2) is 9.84. The molecule has 0 aliphatic carbocycles. The Bertz CT molecular complexity index is 871. The minimum Gasteiger partial charge on any atom is -0.496 e. The molecule has 0 aromatic heterocycles. The Labute approximate surface area is 185 Å². The monoisotopic (exact) mass is 422 g/mol. The number of nitrogens with zero attached hydrogens (tertiary/aromatic N) is 1. The van der Waals surface area contributed by atoms with Gasteiger partial charge < -0.3 is 19.7 Å². The molecule has 5 heteroatoms. The molecule has 0 spiro atoms. The number of nitrogens with one attached hydrogen (secondary N) is 1. The summed E-state index contributed by atoms with van der Waals surface area (Å²) in [6.45, 7) is 5.97. The van der Waals surface area contributed by atoms with Crippen molar-refractivity contribution in [3.8, 4) is 5.75 Å². The van der Waals surface area contributed by atoms with Crippen molar-refractivity contribution in [2.45, 2.75) is 44.1 Å². The van der Waals surface area contributed by atoms with E-state index in [-0.39, 0.29) is 17.4 Å². The van der Waals surface area contributed by atoms with Crippen LogP contribution in [0.4, 0.5) is 0 Å². The SMILES string of the molecule is COc1ccc(C)cc1C1(CNC(C(=O)N2CCCC2)c2ccccc2)CCOCC1. The predicted octanol–water partition coefficient (Wildman–Crippen LogP) is 4.01. The van der Waals surface area contributed by atoms with E-state index in [1.165, 1.54) is 11.1 Å². The van der Waals surface area contributed by atoms with Crippen LogP contribution in [0.5, 0.6) is 5.75 Å². The summed E-state index contributed by atoms with van der Waals surface area (Å²) in [5.74, 6) is 1.10. The number of benzene rings is 2. The van der Waals surface area contributed by atoms with Crippen LogP contribution in [-0.2, 0) is 14.9 Å². The van der Waals surface area contributed by atoms with Gasteiger partial charge in [-0.15, -0.1) is 0 Å². The van der Waals surface area contributed by atoms with E-state index >= 15 is 0 Å². The lowest BCUT2D eigenvalue weighted by Crippen LogP contribution is -2.47. The lowest BCUT2D eigenvalue weighted by Gasteiger charge is -2.40. The Hall–Kier alpha value is -2.37. The van der Waals surface area contributed by atoms with Crippen LogP contribution in [-0.4, -0.2) is 50.8 Å². The second-order valence-electron chi connectivity index (χ2n) is 8.85. The Kier molecular flexibility index (Phi) is 6.93. The van der Waals surface area contributed by atoms with Crippen molar-refractivity contribution >= 4 is 5.91 Å². The maximum absolute atomic E-state index is 13.5. The predicted molar refractivity (Wildman–Crippen MR) is 122 cm³/mol. The molecule has 2 saturated heterocycles. The number of carbonyl (C=O) groups excluding carboxylic acids is 1. The van der Waals surface area contributed by atoms with Crippen LogP contribution in [0.15, 0.2) is 48.5 Å². The zero-order valence-corrected chi connectivity index (χ0v) is 18.7. The minimum atomic E-state index is -0.338. The van der Waals surface area contributed by atoms with E-state index < -0.39 is 0 Å². The summed E-state index contributed by atoms with van der Waals surface area (Å²) in [5.41, 5.74) is 3.33. The van der Waals surface area contributed by atoms with E-state index in [1.54, 1.807) is 7.11 Å². The molecule has 2 fully saturated rings. The average molecular weight is 423 g/mol. The number of hydrogen-bond acceptors (Lipinski definition) is 4. The summed E-state index contributed by atoms with van der Waals surface area (Å²) in [4.78, 5) is 15.5. The fourth-order valence-corrected chi connectivity index (χ4v) is 4.95. The van der Waals surface area contributed by atoms with Gasteiger partial charge in [0, 0.05) is 43.8 Å². The van der Waals surface area contributed by atoms with E-state index in [0.29, 0.717) is 6.54 Å². The molecule has 166 valence electrons. The number of carbonyl (C=O) groups is 1. The second-order valence-corrected chi connectivity index (χ2v) is 8.85. The third kappa shape index (κ3) is 4.78. The molecule has 1 N–H and O–H groups in total. The number of aryl methyl sites for hydroxylation is 1. The molecule has 5 nitrogen and oxygen atoms in total. The highest BCUT2D eigenvalue weighted by Gasteiger charge is 2.38. The zero-order chi connectivity index (χ0) is 21.7. The summed E-state index contributed by atoms with van der Waals surface area (Å²) in [6.07, 6.45) is 3.99. The van der Waals surface area contributed by atoms with Gasteiger partial charge in [-0.2, -0.15) is 0 Å². The molecule has 0 bridgehead atoms. The number of ether oxygens (including phenoxy) is 2. The minimum absolute atomic E-state index is 0.131. The Morgan fingerprint density at radius 1 is 1.13 bits per heavy atom. The summed E-state index contributed by atoms with van der Waals surface area (Å²) in [7, 11) is 1.73. The number of methoxy groups -OCH3 is 1. The lowest BCUT2D eigenvalue weighted by atomic mass is 9.73. The molecule has 1 unspecified atom stereocenters. The first kappa shape index (κ1) is 21.8. The third-order valence-corrected chi connectivity index (χ3v) is 6.82. The maximum atomic E-state index is 13.5. The van der Waals surface area contributed by atoms with E-state index in [0.717, 1.165) is 63.3 Å². The molecule has 2 aliphatic rings. The largest absolute Gasteiger partial charge is 0.496 e. The topological polar surface area (TPSA) is 50.8 Å². The van der Waals surface area contributed by atoms with Crippen LogP contribution in [0.2, 0.25) is 0 Å². The molecule has 0 radical (unpaired) electrons. The highest BCUT2D eigenvalue weighted by Crippen LogP contribution is 2.40. The Morgan fingerprint density at radius 2 is 1.84 bits per heavy atom. The molecular formula is C26H34N2O3. The van der Waals surface area contributed by atoms with Crippen molar-refractivity contribution in [1.29, 1.82) is 0 Å². The van der Waals surface area contributed by atoms with Crippen molar-refractivity contribution in [2.75, 3.05) is 40.0 Å². The highest BCUT2D eigenvalue weighted by molar-refractivity contribution is 5.83. The first-order valence-corrected chi connectivity index (χ1v) is 11.4.